The lowest BCUT2D eigenvalue weighted by Crippen LogP contribution is -2.44. The van der Waals surface area contributed by atoms with Gasteiger partial charge in [-0.25, -0.2) is 0 Å². The van der Waals surface area contributed by atoms with E-state index in [1.807, 2.05) is 19.1 Å². The number of hydrogen-bond acceptors (Lipinski definition) is 5. The van der Waals surface area contributed by atoms with Crippen LogP contribution in [-0.4, -0.2) is 57.4 Å². The number of carbonyl (C=O) groups excluding carboxylic acids is 1. The zero-order chi connectivity index (χ0) is 14.4. The third kappa shape index (κ3) is 4.06. The number of furan rings is 1. The van der Waals surface area contributed by atoms with Crippen molar-refractivity contribution in [3.05, 3.63) is 23.7 Å². The Balaban J connectivity index is 2.01. The second-order valence-corrected chi connectivity index (χ2v) is 4.85. The molecule has 0 spiro atoms. The van der Waals surface area contributed by atoms with E-state index in [0.29, 0.717) is 19.8 Å². The molecule has 1 saturated heterocycles. The summed E-state index contributed by atoms with van der Waals surface area (Å²) >= 11 is 0. The minimum atomic E-state index is -0.117. The number of hydrogen-bond donors (Lipinski definition) is 1. The first-order valence-electron chi connectivity index (χ1n) is 6.84. The van der Waals surface area contributed by atoms with E-state index in [2.05, 4.69) is 10.2 Å². The highest BCUT2D eigenvalue weighted by Crippen LogP contribution is 2.23. The molecule has 0 aliphatic carbocycles. The van der Waals surface area contributed by atoms with Gasteiger partial charge in [0.1, 0.15) is 18.1 Å². The molecule has 0 bridgehead atoms. The topological polar surface area (TPSA) is 63.9 Å². The maximum atomic E-state index is 11.6. The van der Waals surface area contributed by atoms with Crippen LogP contribution in [0.15, 0.2) is 16.5 Å². The number of carbonyl (C=O) groups is 1. The Morgan fingerprint density at radius 1 is 1.45 bits per heavy atom. The predicted molar refractivity (Wildman–Crippen MR) is 73.5 cm³/mol. The molecule has 0 saturated carbocycles. The van der Waals surface area contributed by atoms with Crippen molar-refractivity contribution >= 4 is 5.91 Å². The fourth-order valence-electron chi connectivity index (χ4n) is 2.32. The highest BCUT2D eigenvalue weighted by Gasteiger charge is 2.25. The van der Waals surface area contributed by atoms with Crippen LogP contribution in [0, 0.1) is 6.92 Å². The Labute approximate surface area is 119 Å². The smallest absolute Gasteiger partial charge is 0.246 e. The molecule has 1 fully saturated rings. The fraction of sp³-hybridized carbons (Fsp3) is 0.643. The van der Waals surface area contributed by atoms with E-state index in [0.717, 1.165) is 24.6 Å². The van der Waals surface area contributed by atoms with Crippen LogP contribution in [0.4, 0.5) is 0 Å². The fourth-order valence-corrected chi connectivity index (χ4v) is 2.32. The summed E-state index contributed by atoms with van der Waals surface area (Å²) in [6.07, 6.45) is 0. The number of nitrogens with one attached hydrogen (secondary N) is 1. The number of rotatable bonds is 6. The first kappa shape index (κ1) is 15.0. The van der Waals surface area contributed by atoms with Crippen molar-refractivity contribution in [3.8, 4) is 0 Å². The number of ether oxygens (including phenoxy) is 2. The molecular weight excluding hydrogens is 260 g/mol. The van der Waals surface area contributed by atoms with Crippen LogP contribution in [0.3, 0.4) is 0 Å². The Kier molecular flexibility index (Phi) is 5.58. The molecule has 2 rings (SSSR count). The van der Waals surface area contributed by atoms with Crippen LogP contribution in [0.1, 0.15) is 17.6 Å². The molecule has 2 heterocycles. The van der Waals surface area contributed by atoms with Gasteiger partial charge >= 0.3 is 0 Å². The molecule has 1 aromatic rings. The summed E-state index contributed by atoms with van der Waals surface area (Å²) in [5.41, 5.74) is 0. The van der Waals surface area contributed by atoms with E-state index in [4.69, 9.17) is 13.9 Å². The van der Waals surface area contributed by atoms with E-state index < -0.39 is 0 Å². The molecule has 6 heteroatoms. The summed E-state index contributed by atoms with van der Waals surface area (Å²) in [5, 5.41) is 2.88. The van der Waals surface area contributed by atoms with E-state index >= 15 is 0 Å². The second kappa shape index (κ2) is 7.42. The van der Waals surface area contributed by atoms with Gasteiger partial charge in [-0.05, 0) is 19.1 Å². The third-order valence-electron chi connectivity index (χ3n) is 3.34. The van der Waals surface area contributed by atoms with Crippen LogP contribution in [0.25, 0.3) is 0 Å². The molecule has 1 aliphatic heterocycles. The van der Waals surface area contributed by atoms with Crippen molar-refractivity contribution < 1.29 is 18.7 Å². The van der Waals surface area contributed by atoms with E-state index in [1.54, 1.807) is 0 Å². The predicted octanol–water partition coefficient (Wildman–Crippen LogP) is 0.724. The summed E-state index contributed by atoms with van der Waals surface area (Å²) < 4.78 is 15.9. The van der Waals surface area contributed by atoms with Gasteiger partial charge in [0.15, 0.2) is 0 Å². The quantitative estimate of drug-likeness (QED) is 0.833. The summed E-state index contributed by atoms with van der Waals surface area (Å²) in [4.78, 5) is 13.8. The Morgan fingerprint density at radius 3 is 2.80 bits per heavy atom. The molecule has 0 radical (unpaired) electrons. The molecule has 0 unspecified atom stereocenters. The zero-order valence-corrected chi connectivity index (χ0v) is 12.1. The zero-order valence-electron chi connectivity index (χ0n) is 12.1. The van der Waals surface area contributed by atoms with Crippen molar-refractivity contribution in [1.82, 2.24) is 10.2 Å². The highest BCUT2D eigenvalue weighted by atomic mass is 16.5. The molecule has 6 nitrogen and oxygen atoms in total. The normalized spacial score (nSPS) is 17.9. The van der Waals surface area contributed by atoms with Gasteiger partial charge in [0.05, 0.1) is 19.3 Å². The van der Waals surface area contributed by atoms with Crippen molar-refractivity contribution in [1.29, 1.82) is 0 Å². The van der Waals surface area contributed by atoms with Gasteiger partial charge < -0.3 is 19.2 Å². The van der Waals surface area contributed by atoms with E-state index in [-0.39, 0.29) is 18.6 Å². The molecular formula is C14H22N2O4. The van der Waals surface area contributed by atoms with E-state index in [1.165, 1.54) is 7.11 Å². The molecule has 20 heavy (non-hydrogen) atoms. The van der Waals surface area contributed by atoms with Crippen molar-refractivity contribution in [2.75, 3.05) is 46.6 Å². The molecule has 1 atom stereocenters. The van der Waals surface area contributed by atoms with Crippen LogP contribution in [0.2, 0.25) is 0 Å². The van der Waals surface area contributed by atoms with Gasteiger partial charge in [-0.2, -0.15) is 0 Å². The minimum Gasteiger partial charge on any atom is -0.465 e. The van der Waals surface area contributed by atoms with Crippen LogP contribution < -0.4 is 5.32 Å². The van der Waals surface area contributed by atoms with Gasteiger partial charge in [0, 0.05) is 26.7 Å². The molecule has 1 N–H and O–H groups in total. The Bertz CT molecular complexity index is 427. The van der Waals surface area contributed by atoms with E-state index in [9.17, 15) is 4.79 Å². The minimum absolute atomic E-state index is 0.0356. The SMILES string of the molecule is COCC(=O)NC[C@H](c1ccc(C)o1)N1CCOCC1. The number of nitrogens with zero attached hydrogens (tertiary/aromatic N) is 1. The Hall–Kier alpha value is -1.37. The monoisotopic (exact) mass is 282 g/mol. The highest BCUT2D eigenvalue weighted by molar-refractivity contribution is 5.77. The van der Waals surface area contributed by atoms with Gasteiger partial charge in [0.25, 0.3) is 0 Å². The number of aryl methyl sites for hydroxylation is 1. The van der Waals surface area contributed by atoms with Gasteiger partial charge in [-0.3, -0.25) is 9.69 Å². The summed E-state index contributed by atoms with van der Waals surface area (Å²) in [6.45, 7) is 5.60. The first-order chi connectivity index (χ1) is 9.70. The molecule has 1 aromatic heterocycles. The first-order valence-corrected chi connectivity index (χ1v) is 6.84. The lowest BCUT2D eigenvalue weighted by molar-refractivity contribution is -0.125. The Morgan fingerprint density at radius 2 is 2.20 bits per heavy atom. The second-order valence-electron chi connectivity index (χ2n) is 4.85. The number of methoxy groups -OCH3 is 1. The standard InChI is InChI=1S/C14H22N2O4/c1-11-3-4-13(20-11)12(9-15-14(17)10-18-2)16-5-7-19-8-6-16/h3-4,12H,5-10H2,1-2H3,(H,15,17)/t12-/m1/s1. The number of amides is 1. The van der Waals surface area contributed by atoms with Crippen molar-refractivity contribution in [2.24, 2.45) is 0 Å². The molecule has 1 aliphatic rings. The van der Waals surface area contributed by atoms with Crippen molar-refractivity contribution in [3.63, 3.8) is 0 Å². The molecule has 1 amide bonds. The van der Waals surface area contributed by atoms with Gasteiger partial charge in [0.2, 0.25) is 5.91 Å². The lowest BCUT2D eigenvalue weighted by Gasteiger charge is -2.33. The number of morpholine rings is 1. The molecule has 0 aromatic carbocycles. The summed E-state index contributed by atoms with van der Waals surface area (Å²) in [6, 6.07) is 3.95. The van der Waals surface area contributed by atoms with Crippen LogP contribution in [0.5, 0.6) is 0 Å². The summed E-state index contributed by atoms with van der Waals surface area (Å²) in [7, 11) is 1.51. The van der Waals surface area contributed by atoms with Gasteiger partial charge in [-0.1, -0.05) is 0 Å². The summed E-state index contributed by atoms with van der Waals surface area (Å²) in [5.74, 6) is 1.64. The largest absolute Gasteiger partial charge is 0.465 e. The van der Waals surface area contributed by atoms with Crippen LogP contribution in [-0.2, 0) is 14.3 Å². The van der Waals surface area contributed by atoms with Crippen molar-refractivity contribution in [2.45, 2.75) is 13.0 Å². The third-order valence-corrected chi connectivity index (χ3v) is 3.34. The average Bonchev–Trinajstić information content (AvgIpc) is 2.87. The maximum Gasteiger partial charge on any atom is 0.246 e. The van der Waals surface area contributed by atoms with Gasteiger partial charge in [-0.15, -0.1) is 0 Å². The molecule has 112 valence electrons. The average molecular weight is 282 g/mol. The lowest BCUT2D eigenvalue weighted by atomic mass is 10.1. The van der Waals surface area contributed by atoms with Crippen LogP contribution >= 0.6 is 0 Å². The maximum absolute atomic E-state index is 11.6.